The summed E-state index contributed by atoms with van der Waals surface area (Å²) in [5, 5.41) is 0. The van der Waals surface area contributed by atoms with Gasteiger partial charge < -0.3 is 4.74 Å². The number of alkyl halides is 1. The number of benzene rings is 1. The molecule has 0 saturated carbocycles. The summed E-state index contributed by atoms with van der Waals surface area (Å²) in [5.74, 6) is 0.476. The number of halogens is 2. The number of hydrogen-bond donors (Lipinski definition) is 0. The monoisotopic (exact) mass is 294 g/mol. The molecule has 0 atom stereocenters. The molecule has 0 spiro atoms. The molecule has 102 valence electrons. The molecule has 6 heteroatoms. The molecule has 0 fully saturated rings. The summed E-state index contributed by atoms with van der Waals surface area (Å²) in [6.45, 7) is 5.08. The van der Waals surface area contributed by atoms with Crippen LogP contribution in [0.2, 0.25) is 0 Å². The van der Waals surface area contributed by atoms with E-state index in [1.807, 2.05) is 20.8 Å². The van der Waals surface area contributed by atoms with Crippen LogP contribution >= 0.6 is 10.7 Å². The summed E-state index contributed by atoms with van der Waals surface area (Å²) >= 11 is 0. The maximum atomic E-state index is 12.1. The number of rotatable bonds is 4. The van der Waals surface area contributed by atoms with Crippen LogP contribution in [0.4, 0.5) is 4.39 Å². The Morgan fingerprint density at radius 1 is 1.33 bits per heavy atom. The maximum absolute atomic E-state index is 12.1. The summed E-state index contributed by atoms with van der Waals surface area (Å²) in [5.41, 5.74) is 0.348. The van der Waals surface area contributed by atoms with E-state index in [-0.39, 0.29) is 16.9 Å². The van der Waals surface area contributed by atoms with Gasteiger partial charge in [0, 0.05) is 16.2 Å². The molecule has 0 saturated heterocycles. The molecule has 18 heavy (non-hydrogen) atoms. The lowest BCUT2D eigenvalue weighted by atomic mass is 9.86. The summed E-state index contributed by atoms with van der Waals surface area (Å²) in [6, 6.07) is 4.33. The lowest BCUT2D eigenvalue weighted by Gasteiger charge is -2.23. The zero-order valence-corrected chi connectivity index (χ0v) is 12.1. The fraction of sp³-hybridized carbons (Fsp3) is 0.500. The van der Waals surface area contributed by atoms with E-state index in [2.05, 4.69) is 0 Å². The molecule has 1 aromatic carbocycles. The minimum absolute atomic E-state index is 0.0155. The highest BCUT2D eigenvalue weighted by molar-refractivity contribution is 8.13. The predicted molar refractivity (Wildman–Crippen MR) is 69.7 cm³/mol. The van der Waals surface area contributed by atoms with E-state index >= 15 is 0 Å². The Balaban J connectivity index is 3.30. The first-order valence-corrected chi connectivity index (χ1v) is 7.75. The third kappa shape index (κ3) is 3.85. The second kappa shape index (κ2) is 5.45. The number of ether oxygens (including phenoxy) is 1. The van der Waals surface area contributed by atoms with Crippen LogP contribution in [0.3, 0.4) is 0 Å². The van der Waals surface area contributed by atoms with Crippen molar-refractivity contribution in [2.75, 3.05) is 13.3 Å². The zero-order valence-electron chi connectivity index (χ0n) is 10.5. The topological polar surface area (TPSA) is 43.4 Å². The van der Waals surface area contributed by atoms with E-state index in [4.69, 9.17) is 15.4 Å². The van der Waals surface area contributed by atoms with Crippen LogP contribution in [-0.4, -0.2) is 21.7 Å². The molecule has 0 aliphatic rings. The van der Waals surface area contributed by atoms with Crippen molar-refractivity contribution in [2.24, 2.45) is 0 Å². The largest absolute Gasteiger partial charge is 0.491 e. The molecule has 3 nitrogen and oxygen atoms in total. The van der Waals surface area contributed by atoms with Gasteiger partial charge in [0.25, 0.3) is 9.05 Å². The standard InChI is InChI=1S/C12H16ClFO3S/c1-12(2,3)10-8-9(18(13,15)16)4-5-11(10)17-7-6-14/h4-5,8H,6-7H2,1-3H3. The van der Waals surface area contributed by atoms with Crippen LogP contribution in [0, 0.1) is 0 Å². The van der Waals surface area contributed by atoms with Crippen LogP contribution in [0.25, 0.3) is 0 Å². The molecule has 0 aliphatic carbocycles. The van der Waals surface area contributed by atoms with Gasteiger partial charge in [0.05, 0.1) is 4.90 Å². The quantitative estimate of drug-likeness (QED) is 0.801. The molecule has 0 aliphatic heterocycles. The highest BCUT2D eigenvalue weighted by atomic mass is 35.7. The van der Waals surface area contributed by atoms with Crippen LogP contribution < -0.4 is 4.74 Å². The van der Waals surface area contributed by atoms with Gasteiger partial charge in [0.15, 0.2) is 0 Å². The molecule has 0 heterocycles. The van der Waals surface area contributed by atoms with Gasteiger partial charge in [-0.15, -0.1) is 0 Å². The first-order chi connectivity index (χ1) is 8.16. The Labute approximate surface area is 111 Å². The Bertz CT molecular complexity index is 521. The number of hydrogen-bond acceptors (Lipinski definition) is 3. The fourth-order valence-electron chi connectivity index (χ4n) is 1.52. The third-order valence-corrected chi connectivity index (χ3v) is 3.73. The highest BCUT2D eigenvalue weighted by Gasteiger charge is 2.22. The van der Waals surface area contributed by atoms with Crippen LogP contribution in [-0.2, 0) is 14.5 Å². The minimum Gasteiger partial charge on any atom is -0.491 e. The molecule has 0 radical (unpaired) electrons. The first kappa shape index (κ1) is 15.2. The van der Waals surface area contributed by atoms with Gasteiger partial charge in [-0.2, -0.15) is 0 Å². The minimum atomic E-state index is -3.78. The lowest BCUT2D eigenvalue weighted by molar-refractivity contribution is 0.267. The van der Waals surface area contributed by atoms with E-state index in [0.29, 0.717) is 11.3 Å². The van der Waals surface area contributed by atoms with Gasteiger partial charge in [0.1, 0.15) is 19.0 Å². The van der Waals surface area contributed by atoms with E-state index < -0.39 is 15.7 Å². The average Bonchev–Trinajstić information content (AvgIpc) is 2.23. The van der Waals surface area contributed by atoms with Gasteiger partial charge in [-0.25, -0.2) is 12.8 Å². The predicted octanol–water partition coefficient (Wildman–Crippen LogP) is 3.26. The highest BCUT2D eigenvalue weighted by Crippen LogP contribution is 2.34. The smallest absolute Gasteiger partial charge is 0.261 e. The molecule has 0 amide bonds. The molecule has 0 N–H and O–H groups in total. The van der Waals surface area contributed by atoms with Crippen molar-refractivity contribution < 1.29 is 17.5 Å². The molecule has 1 aromatic rings. The van der Waals surface area contributed by atoms with E-state index in [1.165, 1.54) is 18.2 Å². The normalized spacial score (nSPS) is 12.5. The van der Waals surface area contributed by atoms with Crippen molar-refractivity contribution in [2.45, 2.75) is 31.1 Å². The van der Waals surface area contributed by atoms with E-state index in [1.54, 1.807) is 0 Å². The Hall–Kier alpha value is -0.810. The van der Waals surface area contributed by atoms with Gasteiger partial charge in [-0.05, 0) is 23.6 Å². The van der Waals surface area contributed by atoms with E-state index in [9.17, 15) is 12.8 Å². The molecule has 1 rings (SSSR count). The van der Waals surface area contributed by atoms with Crippen molar-refractivity contribution >= 4 is 19.7 Å². The molecule has 0 aromatic heterocycles. The summed E-state index contributed by atoms with van der Waals surface area (Å²) in [7, 11) is 1.53. The zero-order chi connectivity index (χ0) is 14.0. The van der Waals surface area contributed by atoms with E-state index in [0.717, 1.165) is 0 Å². The summed E-state index contributed by atoms with van der Waals surface area (Å²) in [4.78, 5) is 0.0155. The van der Waals surface area contributed by atoms with Gasteiger partial charge in [-0.3, -0.25) is 0 Å². The van der Waals surface area contributed by atoms with Crippen molar-refractivity contribution in [1.82, 2.24) is 0 Å². The first-order valence-electron chi connectivity index (χ1n) is 5.44. The second-order valence-electron chi connectivity index (χ2n) is 4.88. The molecule has 0 bridgehead atoms. The average molecular weight is 295 g/mol. The van der Waals surface area contributed by atoms with Gasteiger partial charge in [-0.1, -0.05) is 20.8 Å². The maximum Gasteiger partial charge on any atom is 0.261 e. The Kier molecular flexibility index (Phi) is 4.61. The van der Waals surface area contributed by atoms with Crippen LogP contribution in [0.5, 0.6) is 5.75 Å². The summed E-state index contributed by atoms with van der Waals surface area (Å²) in [6.07, 6.45) is 0. The fourth-order valence-corrected chi connectivity index (χ4v) is 2.30. The Morgan fingerprint density at radius 2 is 1.94 bits per heavy atom. The third-order valence-electron chi connectivity index (χ3n) is 2.38. The molecular weight excluding hydrogens is 279 g/mol. The lowest BCUT2D eigenvalue weighted by Crippen LogP contribution is -2.15. The van der Waals surface area contributed by atoms with Crippen molar-refractivity contribution in [3.05, 3.63) is 23.8 Å². The van der Waals surface area contributed by atoms with Crippen molar-refractivity contribution in [3.8, 4) is 5.75 Å². The summed E-state index contributed by atoms with van der Waals surface area (Å²) < 4.78 is 40.0. The second-order valence-corrected chi connectivity index (χ2v) is 7.45. The van der Waals surface area contributed by atoms with Crippen molar-refractivity contribution in [3.63, 3.8) is 0 Å². The van der Waals surface area contributed by atoms with Gasteiger partial charge in [0.2, 0.25) is 0 Å². The van der Waals surface area contributed by atoms with Crippen LogP contribution in [0.15, 0.2) is 23.1 Å². The molecule has 0 unspecified atom stereocenters. The van der Waals surface area contributed by atoms with Gasteiger partial charge >= 0.3 is 0 Å². The SMILES string of the molecule is CC(C)(C)c1cc(S(=O)(=O)Cl)ccc1OCCF. The molecular formula is C12H16ClFO3S. The van der Waals surface area contributed by atoms with Crippen molar-refractivity contribution in [1.29, 1.82) is 0 Å². The Morgan fingerprint density at radius 3 is 2.39 bits per heavy atom. The van der Waals surface area contributed by atoms with Crippen LogP contribution in [0.1, 0.15) is 26.3 Å².